The highest BCUT2D eigenvalue weighted by Crippen LogP contribution is 2.33. The van der Waals surface area contributed by atoms with Crippen LogP contribution >= 0.6 is 0 Å². The molecule has 1 aromatic carbocycles. The van der Waals surface area contributed by atoms with Gasteiger partial charge in [-0.2, -0.15) is 0 Å². The largest absolute Gasteiger partial charge is 0.396 e. The third-order valence-corrected chi connectivity index (χ3v) is 3.99. The molecule has 0 saturated carbocycles. The molecule has 1 amide bonds. The van der Waals surface area contributed by atoms with Crippen LogP contribution in [0.3, 0.4) is 0 Å². The lowest BCUT2D eigenvalue weighted by molar-refractivity contribution is -0.119. The van der Waals surface area contributed by atoms with Gasteiger partial charge in [-0.1, -0.05) is 18.2 Å². The van der Waals surface area contributed by atoms with Crippen molar-refractivity contribution in [1.29, 1.82) is 0 Å². The van der Waals surface area contributed by atoms with Crippen LogP contribution in [-0.4, -0.2) is 30.0 Å². The lowest BCUT2D eigenvalue weighted by atomic mass is 10.0. The maximum absolute atomic E-state index is 11.1. The smallest absolute Gasteiger partial charge is 0.217 e. The van der Waals surface area contributed by atoms with Gasteiger partial charge in [0.05, 0.1) is 23.1 Å². The maximum Gasteiger partial charge on any atom is 0.217 e. The zero-order valence-electron chi connectivity index (χ0n) is 12.2. The number of benzene rings is 1. The first kappa shape index (κ1) is 13.7. The van der Waals surface area contributed by atoms with Gasteiger partial charge in [-0.3, -0.25) is 9.78 Å². The first-order valence-corrected chi connectivity index (χ1v) is 7.30. The molecular weight excluding hydrogens is 264 g/mol. The molecule has 1 aliphatic heterocycles. The first-order chi connectivity index (χ1) is 10.1. The van der Waals surface area contributed by atoms with Gasteiger partial charge < -0.3 is 16.0 Å². The van der Waals surface area contributed by atoms with Crippen molar-refractivity contribution in [3.05, 3.63) is 30.5 Å². The zero-order chi connectivity index (χ0) is 14.8. The number of nitrogens with two attached hydrogens (primary N) is 1. The van der Waals surface area contributed by atoms with E-state index in [9.17, 15) is 4.79 Å². The second-order valence-corrected chi connectivity index (χ2v) is 5.54. The zero-order valence-corrected chi connectivity index (χ0v) is 12.2. The van der Waals surface area contributed by atoms with Crippen molar-refractivity contribution in [1.82, 2.24) is 10.3 Å². The number of aromatic nitrogens is 1. The molecule has 2 heterocycles. The summed E-state index contributed by atoms with van der Waals surface area (Å²) in [7, 11) is 0. The Bertz CT molecular complexity index is 662. The second-order valence-electron chi connectivity index (χ2n) is 5.54. The average Bonchev–Trinajstić information content (AvgIpc) is 2.48. The second kappa shape index (κ2) is 5.60. The van der Waals surface area contributed by atoms with E-state index in [0.29, 0.717) is 5.69 Å². The summed E-state index contributed by atoms with van der Waals surface area (Å²) in [4.78, 5) is 17.8. The lowest BCUT2D eigenvalue weighted by Crippen LogP contribution is -2.44. The molecule has 3 rings (SSSR count). The topological polar surface area (TPSA) is 71.2 Å². The van der Waals surface area contributed by atoms with Gasteiger partial charge in [0.1, 0.15) is 0 Å². The van der Waals surface area contributed by atoms with E-state index >= 15 is 0 Å². The number of amides is 1. The van der Waals surface area contributed by atoms with Crippen LogP contribution in [0.5, 0.6) is 0 Å². The predicted molar refractivity (Wildman–Crippen MR) is 85.2 cm³/mol. The Balaban J connectivity index is 1.85. The summed E-state index contributed by atoms with van der Waals surface area (Å²) in [6.07, 6.45) is 3.61. The Morgan fingerprint density at radius 2 is 2.05 bits per heavy atom. The fourth-order valence-electron chi connectivity index (χ4n) is 3.03. The van der Waals surface area contributed by atoms with Crippen LogP contribution in [0.25, 0.3) is 10.9 Å². The number of nitrogen functional groups attached to an aromatic ring is 1. The van der Waals surface area contributed by atoms with Crippen molar-refractivity contribution in [2.45, 2.75) is 25.8 Å². The molecule has 1 fully saturated rings. The number of rotatable bonds is 2. The van der Waals surface area contributed by atoms with E-state index in [2.05, 4.69) is 21.3 Å². The molecule has 5 heteroatoms. The van der Waals surface area contributed by atoms with Gasteiger partial charge in [-0.05, 0) is 18.9 Å². The van der Waals surface area contributed by atoms with Gasteiger partial charge in [0.25, 0.3) is 0 Å². The Morgan fingerprint density at radius 3 is 2.76 bits per heavy atom. The van der Waals surface area contributed by atoms with Crippen molar-refractivity contribution in [2.24, 2.45) is 0 Å². The highest BCUT2D eigenvalue weighted by Gasteiger charge is 2.22. The third kappa shape index (κ3) is 2.77. The van der Waals surface area contributed by atoms with Gasteiger partial charge in [-0.25, -0.2) is 0 Å². The Hall–Kier alpha value is -2.30. The van der Waals surface area contributed by atoms with Crippen LogP contribution in [0, 0.1) is 0 Å². The Morgan fingerprint density at radius 1 is 1.33 bits per heavy atom. The van der Waals surface area contributed by atoms with Crippen LogP contribution in [0.15, 0.2) is 30.5 Å². The van der Waals surface area contributed by atoms with E-state index in [4.69, 9.17) is 5.73 Å². The lowest BCUT2D eigenvalue weighted by Gasteiger charge is -2.35. The number of carbonyl (C=O) groups is 1. The van der Waals surface area contributed by atoms with Crippen LogP contribution in [-0.2, 0) is 4.79 Å². The van der Waals surface area contributed by atoms with Crippen molar-refractivity contribution in [3.8, 4) is 0 Å². The molecule has 3 N–H and O–H groups in total. The summed E-state index contributed by atoms with van der Waals surface area (Å²) >= 11 is 0. The Kier molecular flexibility index (Phi) is 3.64. The van der Waals surface area contributed by atoms with Crippen LogP contribution in [0.2, 0.25) is 0 Å². The van der Waals surface area contributed by atoms with Gasteiger partial charge in [0, 0.05) is 31.4 Å². The molecule has 1 saturated heterocycles. The molecule has 0 aliphatic carbocycles. The molecule has 0 bridgehead atoms. The van der Waals surface area contributed by atoms with E-state index in [-0.39, 0.29) is 11.9 Å². The molecule has 110 valence electrons. The summed E-state index contributed by atoms with van der Waals surface area (Å²) < 4.78 is 0. The average molecular weight is 284 g/mol. The first-order valence-electron chi connectivity index (χ1n) is 7.30. The minimum Gasteiger partial charge on any atom is -0.396 e. The van der Waals surface area contributed by atoms with Gasteiger partial charge in [0.2, 0.25) is 5.91 Å². The molecule has 5 nitrogen and oxygen atoms in total. The van der Waals surface area contributed by atoms with Gasteiger partial charge >= 0.3 is 0 Å². The molecule has 2 aromatic rings. The molecule has 21 heavy (non-hydrogen) atoms. The van der Waals surface area contributed by atoms with Gasteiger partial charge in [-0.15, -0.1) is 0 Å². The molecule has 1 aromatic heterocycles. The number of para-hydroxylation sites is 1. The number of piperidine rings is 1. The number of pyridine rings is 1. The van der Waals surface area contributed by atoms with E-state index in [0.717, 1.165) is 42.5 Å². The molecule has 0 unspecified atom stereocenters. The predicted octanol–water partition coefficient (Wildman–Crippen LogP) is 1.92. The van der Waals surface area contributed by atoms with E-state index in [1.165, 1.54) is 0 Å². The number of anilines is 2. The summed E-state index contributed by atoms with van der Waals surface area (Å²) in [6.45, 7) is 3.35. The van der Waals surface area contributed by atoms with E-state index < -0.39 is 0 Å². The number of carbonyl (C=O) groups excluding carboxylic acids is 1. The van der Waals surface area contributed by atoms with Crippen molar-refractivity contribution in [2.75, 3.05) is 23.7 Å². The summed E-state index contributed by atoms with van der Waals surface area (Å²) in [5, 5.41) is 4.09. The Labute approximate surface area is 124 Å². The number of nitrogens with one attached hydrogen (secondary N) is 1. The number of hydrogen-bond acceptors (Lipinski definition) is 4. The fourth-order valence-corrected chi connectivity index (χ4v) is 3.03. The number of hydrogen-bond donors (Lipinski definition) is 2. The SMILES string of the molecule is CC(=O)NC1CCN(c2c(N)cnc3ccccc23)CC1. The summed E-state index contributed by atoms with van der Waals surface area (Å²) in [5.41, 5.74) is 8.91. The highest BCUT2D eigenvalue weighted by molar-refractivity contribution is 5.97. The standard InChI is InChI=1S/C16H20N4O/c1-11(21)19-12-6-8-20(9-7-12)16-13-4-2-3-5-15(13)18-10-14(16)17/h2-5,10,12H,6-9,17H2,1H3,(H,19,21). The monoisotopic (exact) mass is 284 g/mol. The molecule has 0 radical (unpaired) electrons. The van der Waals surface area contributed by atoms with Crippen molar-refractivity contribution >= 4 is 28.2 Å². The van der Waals surface area contributed by atoms with Crippen LogP contribution < -0.4 is 16.0 Å². The highest BCUT2D eigenvalue weighted by atomic mass is 16.1. The van der Waals surface area contributed by atoms with Gasteiger partial charge in [0.15, 0.2) is 0 Å². The minimum absolute atomic E-state index is 0.0438. The fraction of sp³-hybridized carbons (Fsp3) is 0.375. The third-order valence-electron chi connectivity index (χ3n) is 3.99. The van der Waals surface area contributed by atoms with E-state index in [1.54, 1.807) is 13.1 Å². The maximum atomic E-state index is 11.1. The molecular formula is C16H20N4O. The summed E-state index contributed by atoms with van der Waals surface area (Å²) in [5.74, 6) is 0.0438. The van der Waals surface area contributed by atoms with Crippen molar-refractivity contribution < 1.29 is 4.79 Å². The molecule has 0 spiro atoms. The molecule has 1 aliphatic rings. The number of fused-ring (bicyclic) bond motifs is 1. The summed E-state index contributed by atoms with van der Waals surface area (Å²) in [6, 6.07) is 8.33. The minimum atomic E-state index is 0.0438. The van der Waals surface area contributed by atoms with Crippen molar-refractivity contribution in [3.63, 3.8) is 0 Å². The quantitative estimate of drug-likeness (QED) is 0.884. The van der Waals surface area contributed by atoms with Crippen LogP contribution in [0.4, 0.5) is 11.4 Å². The van der Waals surface area contributed by atoms with E-state index in [1.807, 2.05) is 18.2 Å². The van der Waals surface area contributed by atoms with Crippen LogP contribution in [0.1, 0.15) is 19.8 Å². The molecule has 0 atom stereocenters. The normalized spacial score (nSPS) is 16.1. The number of nitrogens with zero attached hydrogens (tertiary/aromatic N) is 2.